The van der Waals surface area contributed by atoms with Crippen LogP contribution in [0.1, 0.15) is 239 Å². The van der Waals surface area contributed by atoms with Gasteiger partial charge in [-0.1, -0.05) is 197 Å². The summed E-state index contributed by atoms with van der Waals surface area (Å²) in [5, 5.41) is 12.7. The summed E-state index contributed by atoms with van der Waals surface area (Å²) in [6.07, 6.45) is 57.6. The summed E-state index contributed by atoms with van der Waals surface area (Å²) in [7, 11) is -4.42. The molecule has 3 N–H and O–H groups in total. The number of ether oxygens (including phenoxy) is 1. The molecule has 0 fully saturated rings. The summed E-state index contributed by atoms with van der Waals surface area (Å²) in [6, 6.07) is 0. The van der Waals surface area contributed by atoms with Gasteiger partial charge in [0.15, 0.2) is 0 Å². The minimum absolute atomic E-state index is 0.0802. The number of esters is 1. The molecule has 0 aromatic heterocycles. The number of rotatable bonds is 48. The molecule has 1 amide bonds. The lowest BCUT2D eigenvalue weighted by atomic mass is 10.0. The normalized spacial score (nSPS) is 13.5. The van der Waals surface area contributed by atoms with Crippen LogP contribution in [0.25, 0.3) is 0 Å². The lowest BCUT2D eigenvalue weighted by Crippen LogP contribution is -2.27. The highest BCUT2D eigenvalue weighted by Gasteiger charge is 2.23. The summed E-state index contributed by atoms with van der Waals surface area (Å²) in [5.74, 6) is -0.520. The Morgan fingerprint density at radius 1 is 0.500 bits per heavy atom. The summed E-state index contributed by atoms with van der Waals surface area (Å²) in [4.78, 5) is 34.1. The molecule has 0 saturated heterocycles. The van der Waals surface area contributed by atoms with Crippen molar-refractivity contribution in [2.75, 3.05) is 26.4 Å². The van der Waals surface area contributed by atoms with E-state index in [1.807, 2.05) is 0 Å². The number of amides is 1. The third-order valence-electron chi connectivity index (χ3n) is 11.0. The summed E-state index contributed by atoms with van der Waals surface area (Å²) >= 11 is 0. The maximum atomic E-state index is 12.1. The molecular weight excluding hydrogens is 798 g/mol. The Morgan fingerprint density at radius 2 is 0.871 bits per heavy atom. The van der Waals surface area contributed by atoms with Crippen LogP contribution in [0.3, 0.4) is 0 Å². The predicted molar refractivity (Wildman–Crippen MR) is 261 cm³/mol. The molecule has 2 unspecified atom stereocenters. The van der Waals surface area contributed by atoms with Gasteiger partial charge in [0.2, 0.25) is 5.91 Å². The van der Waals surface area contributed by atoms with Crippen molar-refractivity contribution in [3.05, 3.63) is 48.6 Å². The van der Waals surface area contributed by atoms with Gasteiger partial charge in [-0.25, -0.2) is 4.57 Å². The van der Waals surface area contributed by atoms with Crippen LogP contribution in [0.2, 0.25) is 0 Å². The van der Waals surface area contributed by atoms with Crippen molar-refractivity contribution in [2.24, 2.45) is 0 Å². The Kier molecular flexibility index (Phi) is 46.8. The van der Waals surface area contributed by atoms with Crippen molar-refractivity contribution < 1.29 is 37.9 Å². The molecule has 0 spiro atoms. The second kappa shape index (κ2) is 48.4. The van der Waals surface area contributed by atoms with Crippen molar-refractivity contribution in [2.45, 2.75) is 245 Å². The van der Waals surface area contributed by atoms with E-state index in [2.05, 4.69) is 67.8 Å². The van der Waals surface area contributed by atoms with Crippen LogP contribution >= 0.6 is 7.82 Å². The van der Waals surface area contributed by atoms with Crippen LogP contribution in [0.15, 0.2) is 48.6 Å². The van der Waals surface area contributed by atoms with Crippen LogP contribution < -0.4 is 5.32 Å². The average molecular weight is 894 g/mol. The minimum atomic E-state index is -4.42. The van der Waals surface area contributed by atoms with Gasteiger partial charge in [-0.3, -0.25) is 18.6 Å². The highest BCUT2D eigenvalue weighted by molar-refractivity contribution is 7.47. The molecule has 0 aromatic carbocycles. The van der Waals surface area contributed by atoms with Gasteiger partial charge in [0.1, 0.15) is 12.7 Å². The number of hydrogen-bond acceptors (Lipinski definition) is 7. The Morgan fingerprint density at radius 3 is 1.32 bits per heavy atom. The first-order valence-electron chi connectivity index (χ1n) is 25.6. The Labute approximate surface area is 381 Å². The van der Waals surface area contributed by atoms with Crippen molar-refractivity contribution in [1.82, 2.24) is 5.32 Å². The van der Waals surface area contributed by atoms with Gasteiger partial charge in [0, 0.05) is 19.4 Å². The fourth-order valence-electron chi connectivity index (χ4n) is 7.09. The number of hydrogen-bond donors (Lipinski definition) is 3. The molecule has 0 rings (SSSR count). The zero-order valence-electron chi connectivity index (χ0n) is 40.1. The van der Waals surface area contributed by atoms with E-state index in [1.54, 1.807) is 0 Å². The standard InChI is InChI=1S/C52H96NO8P/c1-3-5-7-9-11-13-15-17-19-21-23-24-25-26-27-28-30-32-34-36-38-40-42-44-51(55)53-46-47-60-62(57,58)61-49-50(54)48-59-52(56)45-43-41-39-37-35-33-31-29-22-20-18-16-14-12-10-8-6-4-2/h11,13-14,16-17,19-20,22,50,54H,3-10,12,15,18,21,23-49H2,1-2H3,(H,53,55)(H,57,58)/b13-11-,16-14-,19-17-,22-20-. The molecule has 10 heteroatoms. The van der Waals surface area contributed by atoms with Gasteiger partial charge < -0.3 is 20.1 Å². The Bertz CT molecular complexity index is 1160. The monoisotopic (exact) mass is 894 g/mol. The first-order chi connectivity index (χ1) is 30.3. The third kappa shape index (κ3) is 49.0. The smallest absolute Gasteiger partial charge is 0.463 e. The fourth-order valence-corrected chi connectivity index (χ4v) is 7.85. The van der Waals surface area contributed by atoms with Crippen LogP contribution in [0.5, 0.6) is 0 Å². The molecule has 0 aliphatic heterocycles. The van der Waals surface area contributed by atoms with Crippen LogP contribution in [0.4, 0.5) is 0 Å². The van der Waals surface area contributed by atoms with Gasteiger partial charge in [-0.15, -0.1) is 0 Å². The molecule has 362 valence electrons. The second-order valence-electron chi connectivity index (χ2n) is 17.1. The Balaban J connectivity index is 3.55. The van der Waals surface area contributed by atoms with E-state index in [4.69, 9.17) is 13.8 Å². The van der Waals surface area contributed by atoms with Gasteiger partial charge in [0.25, 0.3) is 0 Å². The molecule has 2 atom stereocenters. The number of aliphatic hydroxyl groups is 1. The molecule has 0 aromatic rings. The molecular formula is C52H96NO8P. The van der Waals surface area contributed by atoms with E-state index in [9.17, 15) is 24.2 Å². The van der Waals surface area contributed by atoms with E-state index in [1.165, 1.54) is 148 Å². The molecule has 0 radical (unpaired) electrons. The minimum Gasteiger partial charge on any atom is -0.463 e. The lowest BCUT2D eigenvalue weighted by Gasteiger charge is -2.15. The SMILES string of the molecule is CCCCC/C=C\C/C=C\CCCCCCCCCCCCCCCC(=O)NCCOP(=O)(O)OCC(O)COC(=O)CCCCCCCCC/C=C\C/C=C\CCCCCC. The molecule has 0 saturated carbocycles. The molecule has 9 nitrogen and oxygen atoms in total. The Hall–Kier alpha value is -2.03. The third-order valence-corrected chi connectivity index (χ3v) is 12.0. The molecule has 0 aliphatic carbocycles. The van der Waals surface area contributed by atoms with E-state index < -0.39 is 26.5 Å². The summed E-state index contributed by atoms with van der Waals surface area (Å²) in [6.45, 7) is 3.53. The fraction of sp³-hybridized carbons (Fsp3) is 0.808. The molecule has 62 heavy (non-hydrogen) atoms. The van der Waals surface area contributed by atoms with E-state index in [-0.39, 0.29) is 32.1 Å². The van der Waals surface area contributed by atoms with Crippen molar-refractivity contribution in [1.29, 1.82) is 0 Å². The number of aliphatic hydroxyl groups excluding tert-OH is 1. The number of phosphoric ester groups is 1. The predicted octanol–water partition coefficient (Wildman–Crippen LogP) is 15.1. The highest BCUT2D eigenvalue weighted by atomic mass is 31.2. The van der Waals surface area contributed by atoms with Gasteiger partial charge >= 0.3 is 13.8 Å². The van der Waals surface area contributed by atoms with Gasteiger partial charge in [0.05, 0.1) is 13.2 Å². The zero-order valence-corrected chi connectivity index (χ0v) is 41.0. The maximum Gasteiger partial charge on any atom is 0.472 e. The quantitative estimate of drug-likeness (QED) is 0.0238. The van der Waals surface area contributed by atoms with E-state index >= 15 is 0 Å². The van der Waals surface area contributed by atoms with E-state index in [0.717, 1.165) is 64.2 Å². The zero-order chi connectivity index (χ0) is 45.3. The van der Waals surface area contributed by atoms with Gasteiger partial charge in [-0.2, -0.15) is 0 Å². The van der Waals surface area contributed by atoms with Crippen LogP contribution in [-0.4, -0.2) is 54.3 Å². The topological polar surface area (TPSA) is 131 Å². The molecule has 0 aliphatic rings. The number of phosphoric acid groups is 1. The number of nitrogens with one attached hydrogen (secondary N) is 1. The highest BCUT2D eigenvalue weighted by Crippen LogP contribution is 2.42. The lowest BCUT2D eigenvalue weighted by molar-refractivity contribution is -0.147. The maximum absolute atomic E-state index is 12.1. The number of carbonyl (C=O) groups excluding carboxylic acids is 2. The molecule has 0 heterocycles. The van der Waals surface area contributed by atoms with Gasteiger partial charge in [-0.05, 0) is 77.0 Å². The van der Waals surface area contributed by atoms with Crippen LogP contribution in [0, 0.1) is 0 Å². The first kappa shape index (κ1) is 60.0. The number of unbranched alkanes of at least 4 members (excludes halogenated alkanes) is 27. The van der Waals surface area contributed by atoms with Crippen molar-refractivity contribution in [3.63, 3.8) is 0 Å². The average Bonchev–Trinajstić information content (AvgIpc) is 3.26. The first-order valence-corrected chi connectivity index (χ1v) is 27.1. The summed E-state index contributed by atoms with van der Waals surface area (Å²) in [5.41, 5.74) is 0. The van der Waals surface area contributed by atoms with E-state index in [0.29, 0.717) is 6.42 Å². The molecule has 0 bridgehead atoms. The summed E-state index contributed by atoms with van der Waals surface area (Å²) < 4.78 is 27.0. The largest absolute Gasteiger partial charge is 0.472 e. The van der Waals surface area contributed by atoms with Crippen molar-refractivity contribution >= 4 is 19.7 Å². The van der Waals surface area contributed by atoms with Crippen molar-refractivity contribution in [3.8, 4) is 0 Å². The second-order valence-corrected chi connectivity index (χ2v) is 18.6. The number of allylic oxidation sites excluding steroid dienone is 8. The van der Waals surface area contributed by atoms with Crippen LogP contribution in [-0.2, 0) is 27.9 Å². The number of carbonyl (C=O) groups is 2.